The molecular formula is C40H56O3. The molecule has 2 aliphatic carbocycles. The van der Waals surface area contributed by atoms with E-state index in [1.54, 1.807) is 6.08 Å². The molecule has 0 radical (unpaired) electrons. The van der Waals surface area contributed by atoms with Gasteiger partial charge in [-0.2, -0.15) is 0 Å². The summed E-state index contributed by atoms with van der Waals surface area (Å²) in [7, 11) is 0. The molecule has 1 fully saturated rings. The van der Waals surface area contributed by atoms with E-state index in [-0.39, 0.29) is 22.7 Å². The molecule has 0 aromatic heterocycles. The molecule has 0 amide bonds. The molecule has 3 heteroatoms. The van der Waals surface area contributed by atoms with E-state index < -0.39 is 11.5 Å². The van der Waals surface area contributed by atoms with Gasteiger partial charge in [0.2, 0.25) is 0 Å². The lowest BCUT2D eigenvalue weighted by Crippen LogP contribution is -2.36. The number of aliphatic hydroxyl groups is 2. The van der Waals surface area contributed by atoms with E-state index in [1.807, 2.05) is 50.3 Å². The molecule has 43 heavy (non-hydrogen) atoms. The SMILES string of the molecule is CC(C=CC=C(C)C=CC(=O)[C@@]1(C)C[C@@H](O)CC1(C)C)=CC=CC=C(C)C=CC=C(C)C=CC1=C(C)C[C@H](O)CC1(C)C. The number of carbonyl (C=O) groups is 1. The van der Waals surface area contributed by atoms with Crippen LogP contribution in [0, 0.1) is 16.2 Å². The number of hydrogen-bond acceptors (Lipinski definition) is 3. The van der Waals surface area contributed by atoms with Gasteiger partial charge < -0.3 is 10.2 Å². The summed E-state index contributed by atoms with van der Waals surface area (Å²) in [4.78, 5) is 12.9. The normalized spacial score (nSPS) is 27.7. The predicted octanol–water partition coefficient (Wildman–Crippen LogP) is 9.81. The summed E-state index contributed by atoms with van der Waals surface area (Å²) in [6.45, 7) is 20.9. The monoisotopic (exact) mass is 584 g/mol. The Morgan fingerprint density at radius 3 is 1.63 bits per heavy atom. The number of ketones is 1. The van der Waals surface area contributed by atoms with Crippen LogP contribution in [0.4, 0.5) is 0 Å². The van der Waals surface area contributed by atoms with Crippen LogP contribution in [0.1, 0.15) is 94.9 Å². The highest BCUT2D eigenvalue weighted by Gasteiger charge is 2.52. The van der Waals surface area contributed by atoms with Crippen LogP contribution < -0.4 is 0 Å². The highest BCUT2D eigenvalue weighted by atomic mass is 16.3. The molecule has 0 aromatic rings. The van der Waals surface area contributed by atoms with Crippen LogP contribution in [0.15, 0.2) is 119 Å². The maximum Gasteiger partial charge on any atom is 0.162 e. The van der Waals surface area contributed by atoms with Crippen LogP contribution in [0.25, 0.3) is 0 Å². The van der Waals surface area contributed by atoms with Crippen LogP contribution >= 0.6 is 0 Å². The summed E-state index contributed by atoms with van der Waals surface area (Å²) in [5.41, 5.74) is 6.34. The minimum absolute atomic E-state index is 0.00528. The van der Waals surface area contributed by atoms with Gasteiger partial charge in [-0.25, -0.2) is 0 Å². The topological polar surface area (TPSA) is 57.5 Å². The van der Waals surface area contributed by atoms with Crippen molar-refractivity contribution >= 4 is 5.78 Å². The number of allylic oxidation sites excluding steroid dienone is 19. The molecule has 2 aliphatic rings. The van der Waals surface area contributed by atoms with Crippen molar-refractivity contribution in [1.82, 2.24) is 0 Å². The summed E-state index contributed by atoms with van der Waals surface area (Å²) >= 11 is 0. The second kappa shape index (κ2) is 15.6. The molecule has 1 saturated carbocycles. The molecule has 0 saturated heterocycles. The van der Waals surface area contributed by atoms with Gasteiger partial charge >= 0.3 is 0 Å². The maximum atomic E-state index is 12.9. The molecule has 234 valence electrons. The van der Waals surface area contributed by atoms with Crippen LogP contribution in [-0.2, 0) is 4.79 Å². The molecule has 0 aromatic carbocycles. The molecule has 0 heterocycles. The van der Waals surface area contributed by atoms with Gasteiger partial charge in [0.25, 0.3) is 0 Å². The molecule has 3 nitrogen and oxygen atoms in total. The van der Waals surface area contributed by atoms with Gasteiger partial charge in [-0.15, -0.1) is 0 Å². The zero-order valence-electron chi connectivity index (χ0n) is 28.4. The van der Waals surface area contributed by atoms with Gasteiger partial charge in [0, 0.05) is 5.41 Å². The lowest BCUT2D eigenvalue weighted by Gasteiger charge is -2.35. The standard InChI is InChI=1S/C40H56O3/c1-29(17-13-19-31(3)21-23-36-33(5)25-34(41)26-38(36,6)7)15-11-12-16-30(2)18-14-20-32(4)22-24-37(43)40(10)28-35(42)27-39(40,8)9/h11-24,34-35,41-42H,25-28H2,1-10H3/t34-,35-,40+/m0/s1. The molecule has 0 spiro atoms. The van der Waals surface area contributed by atoms with Crippen molar-refractivity contribution in [3.05, 3.63) is 119 Å². The quantitative estimate of drug-likeness (QED) is 0.188. The predicted molar refractivity (Wildman–Crippen MR) is 185 cm³/mol. The zero-order valence-corrected chi connectivity index (χ0v) is 28.4. The second-order valence-electron chi connectivity index (χ2n) is 14.2. The largest absolute Gasteiger partial charge is 0.393 e. The lowest BCUT2D eigenvalue weighted by atomic mass is 9.66. The second-order valence-corrected chi connectivity index (χ2v) is 14.2. The summed E-state index contributed by atoms with van der Waals surface area (Å²) < 4.78 is 0. The van der Waals surface area contributed by atoms with Gasteiger partial charge in [0.15, 0.2) is 5.78 Å². The van der Waals surface area contributed by atoms with Crippen molar-refractivity contribution in [2.24, 2.45) is 16.2 Å². The first kappa shape index (κ1) is 36.2. The average Bonchev–Trinajstić information content (AvgIpc) is 3.10. The Kier molecular flexibility index (Phi) is 13.2. The Balaban J connectivity index is 1.89. The van der Waals surface area contributed by atoms with E-state index in [4.69, 9.17) is 0 Å². The summed E-state index contributed by atoms with van der Waals surface area (Å²) in [5, 5.41) is 20.2. The van der Waals surface area contributed by atoms with Crippen LogP contribution in [0.5, 0.6) is 0 Å². The van der Waals surface area contributed by atoms with Crippen molar-refractivity contribution in [3.63, 3.8) is 0 Å². The minimum Gasteiger partial charge on any atom is -0.393 e. The Bertz CT molecular complexity index is 1310. The fourth-order valence-electron chi connectivity index (χ4n) is 6.19. The third-order valence-corrected chi connectivity index (χ3v) is 9.18. The van der Waals surface area contributed by atoms with Gasteiger partial charge in [-0.3, -0.25) is 4.79 Å². The average molecular weight is 585 g/mol. The smallest absolute Gasteiger partial charge is 0.162 e. The first-order valence-corrected chi connectivity index (χ1v) is 15.7. The van der Waals surface area contributed by atoms with Crippen molar-refractivity contribution in [2.75, 3.05) is 0 Å². The molecule has 0 unspecified atom stereocenters. The highest BCUT2D eigenvalue weighted by molar-refractivity contribution is 5.95. The minimum atomic E-state index is -0.532. The third-order valence-electron chi connectivity index (χ3n) is 9.18. The summed E-state index contributed by atoms with van der Waals surface area (Å²) in [6.07, 6.45) is 30.6. The molecule has 3 atom stereocenters. The molecule has 0 aliphatic heterocycles. The first-order valence-electron chi connectivity index (χ1n) is 15.7. The van der Waals surface area contributed by atoms with Crippen molar-refractivity contribution < 1.29 is 15.0 Å². The van der Waals surface area contributed by atoms with Gasteiger partial charge in [-0.1, -0.05) is 141 Å². The summed E-state index contributed by atoms with van der Waals surface area (Å²) in [6, 6.07) is 0. The van der Waals surface area contributed by atoms with E-state index in [0.717, 1.165) is 29.6 Å². The number of carbonyl (C=O) groups excluding carboxylic acids is 1. The van der Waals surface area contributed by atoms with Crippen molar-refractivity contribution in [1.29, 1.82) is 0 Å². The van der Waals surface area contributed by atoms with Crippen molar-refractivity contribution in [2.45, 2.75) is 107 Å². The van der Waals surface area contributed by atoms with Crippen LogP contribution in [-0.4, -0.2) is 28.2 Å². The maximum absolute atomic E-state index is 12.9. The van der Waals surface area contributed by atoms with E-state index in [1.165, 1.54) is 16.7 Å². The van der Waals surface area contributed by atoms with Crippen LogP contribution in [0.3, 0.4) is 0 Å². The summed E-state index contributed by atoms with van der Waals surface area (Å²) in [5.74, 6) is 0.0853. The van der Waals surface area contributed by atoms with Gasteiger partial charge in [0.05, 0.1) is 12.2 Å². The Hall–Kier alpha value is -3.01. The van der Waals surface area contributed by atoms with Crippen LogP contribution in [0.2, 0.25) is 0 Å². The van der Waals surface area contributed by atoms with E-state index in [2.05, 4.69) is 97.9 Å². The fourth-order valence-corrected chi connectivity index (χ4v) is 6.19. The Morgan fingerprint density at radius 2 is 1.14 bits per heavy atom. The molecule has 2 N–H and O–H groups in total. The fraction of sp³-hybridized carbons (Fsp3) is 0.475. The van der Waals surface area contributed by atoms with E-state index >= 15 is 0 Å². The zero-order chi connectivity index (χ0) is 32.4. The Morgan fingerprint density at radius 1 is 0.651 bits per heavy atom. The molecule has 0 bridgehead atoms. The lowest BCUT2D eigenvalue weighted by molar-refractivity contribution is -0.127. The number of aliphatic hydroxyl groups excluding tert-OH is 2. The first-order chi connectivity index (χ1) is 20.0. The number of rotatable bonds is 11. The molecule has 2 rings (SSSR count). The number of hydrogen-bond donors (Lipinski definition) is 2. The van der Waals surface area contributed by atoms with Gasteiger partial charge in [0.1, 0.15) is 0 Å². The van der Waals surface area contributed by atoms with E-state index in [0.29, 0.717) is 12.8 Å². The van der Waals surface area contributed by atoms with E-state index in [9.17, 15) is 15.0 Å². The van der Waals surface area contributed by atoms with Gasteiger partial charge in [-0.05, 0) is 82.8 Å². The highest BCUT2D eigenvalue weighted by Crippen LogP contribution is 2.53. The Labute approximate surface area is 262 Å². The van der Waals surface area contributed by atoms with Crippen molar-refractivity contribution in [3.8, 4) is 0 Å². The third kappa shape index (κ3) is 10.9. The molecular weight excluding hydrogens is 528 g/mol.